The molecule has 0 aliphatic carbocycles. The zero-order valence-electron chi connectivity index (χ0n) is 15.3. The highest BCUT2D eigenvalue weighted by Crippen LogP contribution is 2.19. The van der Waals surface area contributed by atoms with E-state index in [9.17, 15) is 13.6 Å². The minimum Gasteiger partial charge on any atom is -0.435 e. The number of ether oxygens (including phenoxy) is 1. The van der Waals surface area contributed by atoms with Gasteiger partial charge < -0.3 is 10.1 Å². The molecule has 3 aromatic carbocycles. The van der Waals surface area contributed by atoms with Crippen molar-refractivity contribution < 1.29 is 18.3 Å². The second-order valence-electron chi connectivity index (χ2n) is 5.94. The Balaban J connectivity index is 1.82. The second kappa shape index (κ2) is 10.0. The van der Waals surface area contributed by atoms with Crippen molar-refractivity contribution in [3.8, 4) is 5.75 Å². The highest BCUT2D eigenvalue weighted by molar-refractivity contribution is 6.31. The van der Waals surface area contributed by atoms with Crippen LogP contribution in [-0.2, 0) is 0 Å². The van der Waals surface area contributed by atoms with Crippen molar-refractivity contribution in [3.63, 3.8) is 0 Å². The fourth-order valence-electron chi connectivity index (χ4n) is 2.50. The normalized spacial score (nSPS) is 11.3. The van der Waals surface area contributed by atoms with Gasteiger partial charge in [-0.15, -0.1) is 0 Å². The lowest BCUT2D eigenvalue weighted by atomic mass is 10.0. The van der Waals surface area contributed by atoms with E-state index in [0.29, 0.717) is 32.6 Å². The Kier molecular flexibility index (Phi) is 7.21. The van der Waals surface area contributed by atoms with E-state index in [4.69, 9.17) is 23.2 Å². The Labute approximate surface area is 181 Å². The minimum atomic E-state index is -2.92. The molecule has 0 saturated carbocycles. The molecule has 3 aromatic rings. The first-order valence-corrected chi connectivity index (χ1v) is 9.38. The predicted octanol–water partition coefficient (Wildman–Crippen LogP) is 6.17. The highest BCUT2D eigenvalue weighted by Gasteiger charge is 2.11. The van der Waals surface area contributed by atoms with Crippen molar-refractivity contribution in [1.29, 1.82) is 0 Å². The number of nitrogens with one attached hydrogen (secondary N) is 2. The van der Waals surface area contributed by atoms with Crippen molar-refractivity contribution in [2.75, 3.05) is 5.32 Å². The number of alkyl halides is 2. The summed E-state index contributed by atoms with van der Waals surface area (Å²) in [6, 6.07) is 18.7. The van der Waals surface area contributed by atoms with Crippen molar-refractivity contribution in [2.24, 2.45) is 5.10 Å². The molecule has 0 saturated heterocycles. The molecule has 0 aliphatic heterocycles. The van der Waals surface area contributed by atoms with E-state index in [1.54, 1.807) is 60.7 Å². The first-order chi connectivity index (χ1) is 14.4. The van der Waals surface area contributed by atoms with E-state index in [1.807, 2.05) is 0 Å². The van der Waals surface area contributed by atoms with Gasteiger partial charge in [0.25, 0.3) is 0 Å². The van der Waals surface area contributed by atoms with Gasteiger partial charge in [-0.3, -0.25) is 0 Å². The highest BCUT2D eigenvalue weighted by atomic mass is 35.5. The van der Waals surface area contributed by atoms with Gasteiger partial charge in [0, 0.05) is 26.9 Å². The molecule has 154 valence electrons. The quantitative estimate of drug-likeness (QED) is 0.349. The van der Waals surface area contributed by atoms with Crippen molar-refractivity contribution in [2.45, 2.75) is 6.61 Å². The summed E-state index contributed by atoms with van der Waals surface area (Å²) in [6.45, 7) is -2.92. The van der Waals surface area contributed by atoms with Crippen LogP contribution in [-0.4, -0.2) is 18.4 Å². The maximum absolute atomic E-state index is 12.4. The lowest BCUT2D eigenvalue weighted by molar-refractivity contribution is -0.0498. The van der Waals surface area contributed by atoms with Gasteiger partial charge in [-0.25, -0.2) is 10.2 Å². The van der Waals surface area contributed by atoms with Crippen molar-refractivity contribution >= 4 is 40.6 Å². The molecule has 0 bridgehead atoms. The summed E-state index contributed by atoms with van der Waals surface area (Å²) < 4.78 is 29.1. The number of benzene rings is 3. The predicted molar refractivity (Wildman–Crippen MR) is 114 cm³/mol. The summed E-state index contributed by atoms with van der Waals surface area (Å²) in [4.78, 5) is 12.2. The smallest absolute Gasteiger partial charge is 0.387 e. The molecule has 0 aliphatic rings. The van der Waals surface area contributed by atoms with Crippen LogP contribution in [0.1, 0.15) is 11.1 Å². The van der Waals surface area contributed by atoms with Gasteiger partial charge in [-0.1, -0.05) is 35.3 Å². The Morgan fingerprint density at radius 2 is 1.33 bits per heavy atom. The van der Waals surface area contributed by atoms with Gasteiger partial charge in [0.1, 0.15) is 5.75 Å². The van der Waals surface area contributed by atoms with Gasteiger partial charge in [0.2, 0.25) is 0 Å². The monoisotopic (exact) mass is 449 g/mol. The minimum absolute atomic E-state index is 0.0117. The maximum Gasteiger partial charge on any atom is 0.387 e. The third-order valence-corrected chi connectivity index (χ3v) is 4.35. The van der Waals surface area contributed by atoms with Crippen LogP contribution in [0.3, 0.4) is 0 Å². The standard InChI is InChI=1S/C21H15Cl2F2N3O2/c22-15-5-1-13(2-6-15)19(14-3-11-18(12-4-14)30-20(24)25)27-28-21(29)26-17-9-7-16(23)8-10-17/h1-12,20H,(H2,26,28,29)/b27-19+. The van der Waals surface area contributed by atoms with E-state index in [0.717, 1.165) is 0 Å². The molecule has 0 spiro atoms. The molecule has 3 rings (SSSR count). The van der Waals surface area contributed by atoms with E-state index in [1.165, 1.54) is 12.1 Å². The lowest BCUT2D eigenvalue weighted by Crippen LogP contribution is -2.26. The van der Waals surface area contributed by atoms with Crippen molar-refractivity contribution in [3.05, 3.63) is 94.0 Å². The van der Waals surface area contributed by atoms with Crippen LogP contribution >= 0.6 is 23.2 Å². The molecular formula is C21H15Cl2F2N3O2. The lowest BCUT2D eigenvalue weighted by Gasteiger charge is -2.10. The van der Waals surface area contributed by atoms with Gasteiger partial charge in [0.15, 0.2) is 0 Å². The molecule has 2 N–H and O–H groups in total. The number of amides is 2. The van der Waals surface area contributed by atoms with Crippen LogP contribution in [0.4, 0.5) is 19.3 Å². The number of rotatable bonds is 6. The Bertz CT molecular complexity index is 1030. The molecule has 0 heterocycles. The third kappa shape index (κ3) is 6.17. The van der Waals surface area contributed by atoms with Crippen LogP contribution in [0.2, 0.25) is 10.0 Å². The SMILES string of the molecule is O=C(N/N=C(\c1ccc(Cl)cc1)c1ccc(OC(F)F)cc1)Nc1ccc(Cl)cc1. The zero-order valence-corrected chi connectivity index (χ0v) is 16.8. The number of hydrogen-bond acceptors (Lipinski definition) is 3. The number of hydrazone groups is 1. The fourth-order valence-corrected chi connectivity index (χ4v) is 2.75. The fraction of sp³-hybridized carbons (Fsp3) is 0.0476. The number of carbonyl (C=O) groups is 1. The summed E-state index contributed by atoms with van der Waals surface area (Å²) in [5.41, 5.74) is 4.60. The Morgan fingerprint density at radius 3 is 1.87 bits per heavy atom. The summed E-state index contributed by atoms with van der Waals surface area (Å²) in [6.07, 6.45) is 0. The zero-order chi connectivity index (χ0) is 21.5. The number of anilines is 1. The van der Waals surface area contributed by atoms with Crippen molar-refractivity contribution in [1.82, 2.24) is 5.43 Å². The number of hydrogen-bond donors (Lipinski definition) is 2. The molecule has 0 aromatic heterocycles. The van der Waals surface area contributed by atoms with Gasteiger partial charge in [0.05, 0.1) is 5.71 Å². The van der Waals surface area contributed by atoms with E-state index >= 15 is 0 Å². The third-order valence-electron chi connectivity index (χ3n) is 3.84. The van der Waals surface area contributed by atoms with E-state index < -0.39 is 12.6 Å². The molecule has 0 fully saturated rings. The molecule has 5 nitrogen and oxygen atoms in total. The first kappa shape index (κ1) is 21.5. The molecule has 0 radical (unpaired) electrons. The molecule has 30 heavy (non-hydrogen) atoms. The summed E-state index contributed by atoms with van der Waals surface area (Å²) in [5, 5.41) is 7.90. The molecule has 9 heteroatoms. The molecule has 2 amide bonds. The Hall–Kier alpha value is -3.16. The topological polar surface area (TPSA) is 62.7 Å². The summed E-state index contributed by atoms with van der Waals surface area (Å²) in [5.74, 6) is 0.0117. The average Bonchev–Trinajstić information content (AvgIpc) is 2.72. The molecule has 0 unspecified atom stereocenters. The van der Waals surface area contributed by atoms with E-state index in [-0.39, 0.29) is 5.75 Å². The van der Waals surface area contributed by atoms with Gasteiger partial charge in [-0.2, -0.15) is 13.9 Å². The number of nitrogens with zero attached hydrogens (tertiary/aromatic N) is 1. The maximum atomic E-state index is 12.4. The van der Waals surface area contributed by atoms with Crippen LogP contribution in [0.5, 0.6) is 5.75 Å². The number of carbonyl (C=O) groups excluding carboxylic acids is 1. The molecule has 0 atom stereocenters. The second-order valence-corrected chi connectivity index (χ2v) is 6.82. The number of urea groups is 1. The van der Waals surface area contributed by atoms with Gasteiger partial charge in [-0.05, 0) is 60.7 Å². The van der Waals surface area contributed by atoms with Crippen LogP contribution < -0.4 is 15.5 Å². The van der Waals surface area contributed by atoms with Gasteiger partial charge >= 0.3 is 12.6 Å². The average molecular weight is 450 g/mol. The summed E-state index contributed by atoms with van der Waals surface area (Å²) in [7, 11) is 0. The van der Waals surface area contributed by atoms with E-state index in [2.05, 4.69) is 20.6 Å². The number of halogens is 4. The molecular weight excluding hydrogens is 435 g/mol. The Morgan fingerprint density at radius 1 is 0.833 bits per heavy atom. The van der Waals surface area contributed by atoms with Crippen LogP contribution in [0.15, 0.2) is 77.9 Å². The first-order valence-electron chi connectivity index (χ1n) is 8.62. The van der Waals surface area contributed by atoms with Crippen LogP contribution in [0.25, 0.3) is 0 Å². The van der Waals surface area contributed by atoms with Crippen LogP contribution in [0, 0.1) is 0 Å². The largest absolute Gasteiger partial charge is 0.435 e. The summed E-state index contributed by atoms with van der Waals surface area (Å²) >= 11 is 11.8.